The van der Waals surface area contributed by atoms with Gasteiger partial charge >= 0.3 is 0 Å². The van der Waals surface area contributed by atoms with Crippen LogP contribution in [-0.4, -0.2) is 36.7 Å². The van der Waals surface area contributed by atoms with E-state index in [9.17, 15) is 13.2 Å². The Morgan fingerprint density at radius 1 is 1.19 bits per heavy atom. The number of amides is 1. The molecule has 0 saturated heterocycles. The van der Waals surface area contributed by atoms with Gasteiger partial charge in [0.1, 0.15) is 0 Å². The Hall–Kier alpha value is -2.29. The Kier molecular flexibility index (Phi) is 5.32. The number of nitrogens with one attached hydrogen (secondary N) is 1. The molecule has 1 heterocycles. The summed E-state index contributed by atoms with van der Waals surface area (Å²) in [6.45, 7) is 5.59. The molecule has 27 heavy (non-hydrogen) atoms. The molecule has 0 atom stereocenters. The average molecular weight is 404 g/mol. The van der Waals surface area contributed by atoms with E-state index in [-0.39, 0.29) is 16.5 Å². The molecule has 0 aliphatic heterocycles. The first-order valence-corrected chi connectivity index (χ1v) is 10.7. The fraction of sp³-hybridized carbons (Fsp3) is 0.263. The molecule has 8 heteroatoms. The van der Waals surface area contributed by atoms with Crippen LogP contribution in [0, 0.1) is 6.92 Å². The van der Waals surface area contributed by atoms with Crippen molar-refractivity contribution in [2.45, 2.75) is 31.7 Å². The van der Waals surface area contributed by atoms with Crippen LogP contribution in [-0.2, 0) is 10.0 Å². The van der Waals surface area contributed by atoms with Crippen molar-refractivity contribution < 1.29 is 13.2 Å². The fourth-order valence-electron chi connectivity index (χ4n) is 2.50. The minimum atomic E-state index is -3.65. The molecule has 0 bridgehead atoms. The summed E-state index contributed by atoms with van der Waals surface area (Å²) in [7, 11) is -2.13. The van der Waals surface area contributed by atoms with Crippen LogP contribution in [0.25, 0.3) is 10.2 Å². The van der Waals surface area contributed by atoms with E-state index in [1.54, 1.807) is 26.0 Å². The number of hydrogen-bond acceptors (Lipinski definition) is 5. The average Bonchev–Trinajstić information content (AvgIpc) is 3.02. The summed E-state index contributed by atoms with van der Waals surface area (Å²) in [6, 6.07) is 11.7. The molecule has 1 N–H and O–H groups in total. The maximum absolute atomic E-state index is 12.6. The van der Waals surface area contributed by atoms with Crippen molar-refractivity contribution in [2.24, 2.45) is 0 Å². The Morgan fingerprint density at radius 3 is 2.63 bits per heavy atom. The lowest BCUT2D eigenvalue weighted by molar-refractivity contribution is 0.102. The van der Waals surface area contributed by atoms with Gasteiger partial charge < -0.3 is 0 Å². The van der Waals surface area contributed by atoms with Gasteiger partial charge in [-0.15, -0.1) is 0 Å². The second-order valence-corrected chi connectivity index (χ2v) is 9.62. The van der Waals surface area contributed by atoms with Gasteiger partial charge in [-0.1, -0.05) is 23.5 Å². The molecule has 1 amide bonds. The zero-order chi connectivity index (χ0) is 19.8. The minimum Gasteiger partial charge on any atom is -0.298 e. The van der Waals surface area contributed by atoms with Gasteiger partial charge in [0.2, 0.25) is 10.0 Å². The molecular formula is C19H21N3O3S2. The van der Waals surface area contributed by atoms with Crippen LogP contribution >= 0.6 is 11.3 Å². The minimum absolute atomic E-state index is 0.0891. The van der Waals surface area contributed by atoms with Crippen LogP contribution in [0.15, 0.2) is 47.4 Å². The third-order valence-electron chi connectivity index (χ3n) is 4.26. The van der Waals surface area contributed by atoms with Crippen LogP contribution in [0.2, 0.25) is 0 Å². The van der Waals surface area contributed by atoms with Gasteiger partial charge in [0.25, 0.3) is 5.91 Å². The second kappa shape index (κ2) is 7.38. The molecule has 3 rings (SSSR count). The number of thiazole rings is 1. The molecule has 0 unspecified atom stereocenters. The molecule has 0 saturated carbocycles. The smallest absolute Gasteiger partial charge is 0.257 e. The van der Waals surface area contributed by atoms with E-state index in [1.165, 1.54) is 34.8 Å². The molecular weight excluding hydrogens is 382 g/mol. The Morgan fingerprint density at radius 2 is 1.93 bits per heavy atom. The van der Waals surface area contributed by atoms with Crippen molar-refractivity contribution in [3.8, 4) is 0 Å². The largest absolute Gasteiger partial charge is 0.298 e. The van der Waals surface area contributed by atoms with Crippen LogP contribution in [0.3, 0.4) is 0 Å². The second-order valence-electron chi connectivity index (χ2n) is 6.59. The Balaban J connectivity index is 1.86. The summed E-state index contributed by atoms with van der Waals surface area (Å²) in [6.07, 6.45) is 0. The van der Waals surface area contributed by atoms with E-state index >= 15 is 0 Å². The van der Waals surface area contributed by atoms with Crippen molar-refractivity contribution in [3.63, 3.8) is 0 Å². The Bertz CT molecular complexity index is 1100. The molecule has 142 valence electrons. The highest BCUT2D eigenvalue weighted by molar-refractivity contribution is 7.89. The van der Waals surface area contributed by atoms with Crippen LogP contribution in [0.4, 0.5) is 5.13 Å². The van der Waals surface area contributed by atoms with Gasteiger partial charge in [0, 0.05) is 18.7 Å². The van der Waals surface area contributed by atoms with E-state index in [0.717, 1.165) is 15.8 Å². The number of hydrogen-bond donors (Lipinski definition) is 1. The van der Waals surface area contributed by atoms with Crippen molar-refractivity contribution >= 4 is 42.6 Å². The zero-order valence-corrected chi connectivity index (χ0v) is 17.2. The predicted octanol–water partition coefficient (Wildman–Crippen LogP) is 3.89. The fourth-order valence-corrected chi connectivity index (χ4v) is 4.87. The topological polar surface area (TPSA) is 79.4 Å². The number of benzene rings is 2. The van der Waals surface area contributed by atoms with Gasteiger partial charge in [0.05, 0.1) is 15.1 Å². The van der Waals surface area contributed by atoms with Crippen LogP contribution in [0.1, 0.15) is 29.8 Å². The van der Waals surface area contributed by atoms with E-state index in [2.05, 4.69) is 10.3 Å². The maximum atomic E-state index is 12.6. The number of sulfonamides is 1. The van der Waals surface area contributed by atoms with Crippen LogP contribution < -0.4 is 5.32 Å². The van der Waals surface area contributed by atoms with Gasteiger partial charge in [0.15, 0.2) is 5.13 Å². The SMILES string of the molecule is Cc1ccc2nc(NC(=O)c3cccc(S(=O)(=O)N(C)C(C)C)c3)sc2c1. The number of rotatable bonds is 5. The first kappa shape index (κ1) is 19.5. The summed E-state index contributed by atoms with van der Waals surface area (Å²) in [5.74, 6) is -0.393. The van der Waals surface area contributed by atoms with Gasteiger partial charge in [-0.2, -0.15) is 4.31 Å². The molecule has 0 radical (unpaired) electrons. The lowest BCUT2D eigenvalue weighted by Crippen LogP contribution is -2.33. The highest BCUT2D eigenvalue weighted by Crippen LogP contribution is 2.27. The molecule has 3 aromatic rings. The standard InChI is InChI=1S/C19H21N3O3S2/c1-12(2)22(4)27(24,25)15-7-5-6-14(11-15)18(23)21-19-20-16-9-8-13(3)10-17(16)26-19/h5-12H,1-4H3,(H,20,21,23). The normalized spacial score (nSPS) is 12.1. The van der Waals surface area contributed by atoms with E-state index in [1.807, 2.05) is 25.1 Å². The predicted molar refractivity (Wildman–Crippen MR) is 109 cm³/mol. The summed E-state index contributed by atoms with van der Waals surface area (Å²) >= 11 is 1.38. The van der Waals surface area contributed by atoms with Crippen molar-refractivity contribution in [2.75, 3.05) is 12.4 Å². The number of nitrogens with zero attached hydrogens (tertiary/aromatic N) is 2. The van der Waals surface area contributed by atoms with E-state index < -0.39 is 15.9 Å². The summed E-state index contributed by atoms with van der Waals surface area (Å²) in [5, 5.41) is 3.24. The van der Waals surface area contributed by atoms with Crippen molar-refractivity contribution in [3.05, 3.63) is 53.6 Å². The summed E-state index contributed by atoms with van der Waals surface area (Å²) in [4.78, 5) is 17.1. The molecule has 1 aromatic heterocycles. The number of aromatic nitrogens is 1. The van der Waals surface area contributed by atoms with Crippen molar-refractivity contribution in [1.82, 2.24) is 9.29 Å². The molecule has 0 aliphatic rings. The molecule has 0 spiro atoms. The lowest BCUT2D eigenvalue weighted by atomic mass is 10.2. The van der Waals surface area contributed by atoms with Crippen LogP contribution in [0.5, 0.6) is 0 Å². The molecule has 2 aromatic carbocycles. The third-order valence-corrected chi connectivity index (χ3v) is 7.23. The monoisotopic (exact) mass is 403 g/mol. The van der Waals surface area contributed by atoms with E-state index in [4.69, 9.17) is 0 Å². The number of aryl methyl sites for hydroxylation is 1. The molecule has 0 aliphatic carbocycles. The highest BCUT2D eigenvalue weighted by Gasteiger charge is 2.24. The first-order chi connectivity index (χ1) is 12.7. The summed E-state index contributed by atoms with van der Waals surface area (Å²) in [5.41, 5.74) is 2.20. The van der Waals surface area contributed by atoms with Gasteiger partial charge in [-0.25, -0.2) is 13.4 Å². The Labute approximate surface area is 162 Å². The highest BCUT2D eigenvalue weighted by atomic mass is 32.2. The van der Waals surface area contributed by atoms with Gasteiger partial charge in [-0.05, 0) is 56.7 Å². The first-order valence-electron chi connectivity index (χ1n) is 8.45. The molecule has 6 nitrogen and oxygen atoms in total. The van der Waals surface area contributed by atoms with Crippen molar-refractivity contribution in [1.29, 1.82) is 0 Å². The number of anilines is 1. The van der Waals surface area contributed by atoms with Gasteiger partial charge in [-0.3, -0.25) is 10.1 Å². The quantitative estimate of drug-likeness (QED) is 0.701. The zero-order valence-electron chi connectivity index (χ0n) is 15.6. The maximum Gasteiger partial charge on any atom is 0.257 e. The number of fused-ring (bicyclic) bond motifs is 1. The lowest BCUT2D eigenvalue weighted by Gasteiger charge is -2.21. The number of carbonyl (C=O) groups is 1. The molecule has 0 fully saturated rings. The number of carbonyl (C=O) groups excluding carboxylic acids is 1. The summed E-state index contributed by atoms with van der Waals surface area (Å²) < 4.78 is 27.5. The third kappa shape index (κ3) is 4.02. The van der Waals surface area contributed by atoms with E-state index in [0.29, 0.717) is 5.13 Å².